The molecular weight excluding hydrogens is 364 g/mol. The summed E-state index contributed by atoms with van der Waals surface area (Å²) in [7, 11) is 0. The third kappa shape index (κ3) is 4.71. The Balaban J connectivity index is 1.75. The fraction of sp³-hybridized carbons (Fsp3) is 0.261. The first kappa shape index (κ1) is 20.3. The van der Waals surface area contributed by atoms with E-state index in [1.807, 2.05) is 52.0 Å². The van der Waals surface area contributed by atoms with Gasteiger partial charge in [-0.3, -0.25) is 9.59 Å². The van der Waals surface area contributed by atoms with Crippen LogP contribution in [0.15, 0.2) is 54.7 Å². The number of nitrogens with one attached hydrogen (secondary N) is 2. The first-order valence-electron chi connectivity index (χ1n) is 9.75. The molecule has 0 spiro atoms. The molecular formula is C23H26N4O2. The maximum atomic E-state index is 12.8. The van der Waals surface area contributed by atoms with Crippen molar-refractivity contribution in [1.29, 1.82) is 0 Å². The van der Waals surface area contributed by atoms with Crippen LogP contribution in [0.3, 0.4) is 0 Å². The highest BCUT2D eigenvalue weighted by molar-refractivity contribution is 6.05. The Kier molecular flexibility index (Phi) is 6.12. The van der Waals surface area contributed by atoms with E-state index >= 15 is 0 Å². The highest BCUT2D eigenvalue weighted by Gasteiger charge is 2.17. The second-order valence-corrected chi connectivity index (χ2v) is 7.28. The molecule has 0 radical (unpaired) electrons. The Morgan fingerprint density at radius 1 is 0.966 bits per heavy atom. The van der Waals surface area contributed by atoms with Gasteiger partial charge in [0, 0.05) is 17.3 Å². The van der Waals surface area contributed by atoms with Gasteiger partial charge < -0.3 is 10.6 Å². The SMILES string of the molecule is CCc1c(C(=O)Nc2ccc(NC(=O)C(C)C)cc2)cnn1-c1ccc(C)cc1. The molecule has 0 saturated carbocycles. The van der Waals surface area contributed by atoms with Crippen molar-refractivity contribution < 1.29 is 9.59 Å². The van der Waals surface area contributed by atoms with Crippen molar-refractivity contribution in [2.24, 2.45) is 5.92 Å². The predicted octanol–water partition coefficient (Wildman–Crippen LogP) is 4.59. The van der Waals surface area contributed by atoms with Crippen molar-refractivity contribution in [3.63, 3.8) is 0 Å². The van der Waals surface area contributed by atoms with Crippen molar-refractivity contribution in [2.45, 2.75) is 34.1 Å². The zero-order valence-electron chi connectivity index (χ0n) is 17.2. The summed E-state index contributed by atoms with van der Waals surface area (Å²) in [5.41, 5.74) is 4.85. The van der Waals surface area contributed by atoms with E-state index in [1.54, 1.807) is 35.1 Å². The molecule has 6 heteroatoms. The molecule has 0 bridgehead atoms. The summed E-state index contributed by atoms with van der Waals surface area (Å²) in [6.45, 7) is 7.72. The van der Waals surface area contributed by atoms with E-state index in [0.29, 0.717) is 23.4 Å². The van der Waals surface area contributed by atoms with Crippen molar-refractivity contribution in [3.8, 4) is 5.69 Å². The molecule has 0 unspecified atom stereocenters. The van der Waals surface area contributed by atoms with Gasteiger partial charge in [-0.15, -0.1) is 0 Å². The molecule has 0 atom stereocenters. The van der Waals surface area contributed by atoms with E-state index in [0.717, 1.165) is 11.4 Å². The smallest absolute Gasteiger partial charge is 0.259 e. The average molecular weight is 390 g/mol. The molecule has 0 aliphatic rings. The quantitative estimate of drug-likeness (QED) is 0.646. The lowest BCUT2D eigenvalue weighted by Crippen LogP contribution is -2.18. The number of rotatable bonds is 6. The summed E-state index contributed by atoms with van der Waals surface area (Å²) in [5, 5.41) is 10.2. The molecule has 6 nitrogen and oxygen atoms in total. The number of aromatic nitrogens is 2. The van der Waals surface area contributed by atoms with Crippen molar-refractivity contribution in [3.05, 3.63) is 71.5 Å². The van der Waals surface area contributed by atoms with Crippen LogP contribution in [0.5, 0.6) is 0 Å². The number of carbonyl (C=O) groups is 2. The van der Waals surface area contributed by atoms with Crippen LogP contribution >= 0.6 is 0 Å². The van der Waals surface area contributed by atoms with Gasteiger partial charge >= 0.3 is 0 Å². The molecule has 0 aliphatic carbocycles. The number of hydrogen-bond acceptors (Lipinski definition) is 3. The standard InChI is InChI=1S/C23H26N4O2/c1-5-21-20(14-24-27(21)19-12-6-16(4)7-13-19)23(29)26-18-10-8-17(9-11-18)25-22(28)15(2)3/h6-15H,5H2,1-4H3,(H,25,28)(H,26,29). The molecule has 1 heterocycles. The summed E-state index contributed by atoms with van der Waals surface area (Å²) >= 11 is 0. The summed E-state index contributed by atoms with van der Waals surface area (Å²) in [6, 6.07) is 15.1. The van der Waals surface area contributed by atoms with Gasteiger partial charge in [-0.2, -0.15) is 5.10 Å². The number of nitrogens with zero attached hydrogens (tertiary/aromatic N) is 2. The van der Waals surface area contributed by atoms with Crippen LogP contribution in [-0.2, 0) is 11.2 Å². The minimum atomic E-state index is -0.209. The third-order valence-corrected chi connectivity index (χ3v) is 4.66. The van der Waals surface area contributed by atoms with Crippen LogP contribution in [0.4, 0.5) is 11.4 Å². The van der Waals surface area contributed by atoms with Crippen LogP contribution in [0, 0.1) is 12.8 Å². The van der Waals surface area contributed by atoms with E-state index in [1.165, 1.54) is 5.56 Å². The normalized spacial score (nSPS) is 10.8. The van der Waals surface area contributed by atoms with Gasteiger partial charge in [-0.05, 0) is 49.7 Å². The zero-order chi connectivity index (χ0) is 21.0. The number of amides is 2. The second kappa shape index (κ2) is 8.73. The van der Waals surface area contributed by atoms with Gasteiger partial charge in [0.05, 0.1) is 23.1 Å². The lowest BCUT2D eigenvalue weighted by Gasteiger charge is -2.10. The maximum absolute atomic E-state index is 12.8. The van der Waals surface area contributed by atoms with E-state index in [9.17, 15) is 9.59 Å². The van der Waals surface area contributed by atoms with Gasteiger partial charge in [-0.25, -0.2) is 4.68 Å². The number of benzene rings is 2. The molecule has 3 rings (SSSR count). The summed E-state index contributed by atoms with van der Waals surface area (Å²) < 4.78 is 1.80. The minimum Gasteiger partial charge on any atom is -0.326 e. The number of aryl methyl sites for hydroxylation is 1. The fourth-order valence-corrected chi connectivity index (χ4v) is 2.93. The highest BCUT2D eigenvalue weighted by Crippen LogP contribution is 2.19. The van der Waals surface area contributed by atoms with Crippen molar-refractivity contribution >= 4 is 23.2 Å². The van der Waals surface area contributed by atoms with Crippen LogP contribution in [0.25, 0.3) is 5.69 Å². The van der Waals surface area contributed by atoms with E-state index < -0.39 is 0 Å². The Morgan fingerprint density at radius 3 is 2.10 bits per heavy atom. The number of hydrogen-bond donors (Lipinski definition) is 2. The lowest BCUT2D eigenvalue weighted by molar-refractivity contribution is -0.118. The maximum Gasteiger partial charge on any atom is 0.259 e. The summed E-state index contributed by atoms with van der Waals surface area (Å²) in [6.07, 6.45) is 2.28. The van der Waals surface area contributed by atoms with Crippen LogP contribution in [0.2, 0.25) is 0 Å². The molecule has 2 amide bonds. The summed E-state index contributed by atoms with van der Waals surface area (Å²) in [5.74, 6) is -0.344. The summed E-state index contributed by atoms with van der Waals surface area (Å²) in [4.78, 5) is 24.6. The third-order valence-electron chi connectivity index (χ3n) is 4.66. The Labute approximate surface area is 170 Å². The lowest BCUT2D eigenvalue weighted by atomic mass is 10.1. The van der Waals surface area contributed by atoms with Gasteiger partial charge in [0.1, 0.15) is 0 Å². The molecule has 1 aromatic heterocycles. The zero-order valence-corrected chi connectivity index (χ0v) is 17.2. The average Bonchev–Trinajstić information content (AvgIpc) is 3.14. The molecule has 29 heavy (non-hydrogen) atoms. The Hall–Kier alpha value is -3.41. The van der Waals surface area contributed by atoms with E-state index in [-0.39, 0.29) is 17.7 Å². The fourth-order valence-electron chi connectivity index (χ4n) is 2.93. The van der Waals surface area contributed by atoms with Crippen LogP contribution in [-0.4, -0.2) is 21.6 Å². The predicted molar refractivity (Wildman–Crippen MR) is 116 cm³/mol. The molecule has 0 aliphatic heterocycles. The molecule has 0 saturated heterocycles. The molecule has 150 valence electrons. The number of carbonyl (C=O) groups excluding carboxylic acids is 2. The van der Waals surface area contributed by atoms with Gasteiger partial charge in [-0.1, -0.05) is 38.5 Å². The van der Waals surface area contributed by atoms with E-state index in [2.05, 4.69) is 15.7 Å². The molecule has 3 aromatic rings. The van der Waals surface area contributed by atoms with Crippen LogP contribution in [0.1, 0.15) is 42.4 Å². The molecule has 2 aromatic carbocycles. The topological polar surface area (TPSA) is 76.0 Å². The van der Waals surface area contributed by atoms with Gasteiger partial charge in [0.2, 0.25) is 5.91 Å². The Bertz CT molecular complexity index is 1000. The first-order chi connectivity index (χ1) is 13.9. The molecule has 0 fully saturated rings. The van der Waals surface area contributed by atoms with Crippen LogP contribution < -0.4 is 10.6 Å². The van der Waals surface area contributed by atoms with E-state index in [4.69, 9.17) is 0 Å². The highest BCUT2D eigenvalue weighted by atomic mass is 16.2. The monoisotopic (exact) mass is 390 g/mol. The largest absolute Gasteiger partial charge is 0.326 e. The van der Waals surface area contributed by atoms with Crippen molar-refractivity contribution in [2.75, 3.05) is 10.6 Å². The van der Waals surface area contributed by atoms with Gasteiger partial charge in [0.15, 0.2) is 0 Å². The van der Waals surface area contributed by atoms with Gasteiger partial charge in [0.25, 0.3) is 5.91 Å². The second-order valence-electron chi connectivity index (χ2n) is 7.28. The first-order valence-corrected chi connectivity index (χ1v) is 9.75. The minimum absolute atomic E-state index is 0.0436. The molecule has 2 N–H and O–H groups in total. The number of anilines is 2. The van der Waals surface area contributed by atoms with Crippen molar-refractivity contribution in [1.82, 2.24) is 9.78 Å². The Morgan fingerprint density at radius 2 is 1.55 bits per heavy atom.